The Morgan fingerprint density at radius 3 is 2.19 bits per heavy atom. The van der Waals surface area contributed by atoms with E-state index >= 15 is 0 Å². The smallest absolute Gasteiger partial charge is 0.329 e. The maximum Gasteiger partial charge on any atom is 0.329 e. The number of hydrogen-bond acceptors (Lipinski definition) is 4. The Balaban J connectivity index is 1.52. The van der Waals surface area contributed by atoms with Crippen molar-refractivity contribution in [3.05, 3.63) is 35.4 Å². The van der Waals surface area contributed by atoms with Gasteiger partial charge in [0.2, 0.25) is 0 Å². The van der Waals surface area contributed by atoms with Crippen LogP contribution in [0.1, 0.15) is 67.7 Å². The summed E-state index contributed by atoms with van der Waals surface area (Å²) in [5.41, 5.74) is 0.793. The lowest BCUT2D eigenvalue weighted by Crippen LogP contribution is -2.46. The number of esters is 1. The molecule has 3 aliphatic rings. The minimum Gasteiger partial charge on any atom is -0.460 e. The highest BCUT2D eigenvalue weighted by molar-refractivity contribution is 6.22. The molecule has 1 aliphatic heterocycles. The number of amides is 2. The van der Waals surface area contributed by atoms with E-state index in [0.29, 0.717) is 17.0 Å². The van der Waals surface area contributed by atoms with Crippen LogP contribution in [0.4, 0.5) is 0 Å². The highest BCUT2D eigenvalue weighted by atomic mass is 16.5. The van der Waals surface area contributed by atoms with Gasteiger partial charge in [-0.3, -0.25) is 14.5 Å². The van der Waals surface area contributed by atoms with Gasteiger partial charge in [-0.1, -0.05) is 32.9 Å². The molecule has 2 fully saturated rings. The fraction of sp³-hybridized carbons (Fsp3) is 0.571. The average molecular weight is 355 g/mol. The number of rotatable bonds is 3. The van der Waals surface area contributed by atoms with Gasteiger partial charge in [0.05, 0.1) is 11.1 Å². The van der Waals surface area contributed by atoms with Crippen LogP contribution in [0.5, 0.6) is 0 Å². The van der Waals surface area contributed by atoms with E-state index in [1.54, 1.807) is 31.2 Å². The lowest BCUT2D eigenvalue weighted by atomic mass is 9.70. The second-order valence-corrected chi connectivity index (χ2v) is 8.74. The van der Waals surface area contributed by atoms with Crippen LogP contribution >= 0.6 is 0 Å². The zero-order valence-electron chi connectivity index (χ0n) is 15.7. The minimum absolute atomic E-state index is 0.0466. The monoisotopic (exact) mass is 355 g/mol. The van der Waals surface area contributed by atoms with E-state index in [0.717, 1.165) is 17.7 Å². The third-order valence-electron chi connectivity index (χ3n) is 7.53. The molecule has 2 saturated carbocycles. The van der Waals surface area contributed by atoms with Gasteiger partial charge in [-0.25, -0.2) is 4.79 Å². The van der Waals surface area contributed by atoms with Gasteiger partial charge in [-0.15, -0.1) is 0 Å². The number of ether oxygens (including phenoxy) is 1. The van der Waals surface area contributed by atoms with Crippen molar-refractivity contribution in [3.63, 3.8) is 0 Å². The molecule has 0 saturated heterocycles. The van der Waals surface area contributed by atoms with Crippen molar-refractivity contribution < 1.29 is 19.1 Å². The van der Waals surface area contributed by atoms with Crippen molar-refractivity contribution in [2.45, 2.75) is 59.1 Å². The molecule has 0 unspecified atom stereocenters. The summed E-state index contributed by atoms with van der Waals surface area (Å²) in [6, 6.07) is 5.75. The van der Waals surface area contributed by atoms with Crippen LogP contribution in [0.3, 0.4) is 0 Å². The quantitative estimate of drug-likeness (QED) is 0.615. The molecule has 138 valence electrons. The third kappa shape index (κ3) is 2.06. The van der Waals surface area contributed by atoms with Crippen LogP contribution in [0.25, 0.3) is 0 Å². The second kappa shape index (κ2) is 5.41. The van der Waals surface area contributed by atoms with Crippen molar-refractivity contribution in [1.82, 2.24) is 4.90 Å². The normalized spacial score (nSPS) is 32.7. The predicted octanol–water partition coefficient (Wildman–Crippen LogP) is 3.43. The molecule has 26 heavy (non-hydrogen) atoms. The van der Waals surface area contributed by atoms with Crippen LogP contribution in [-0.2, 0) is 9.53 Å². The summed E-state index contributed by atoms with van der Waals surface area (Å²) in [7, 11) is 0. The highest BCUT2D eigenvalue weighted by Crippen LogP contribution is 2.66. The topological polar surface area (TPSA) is 63.7 Å². The van der Waals surface area contributed by atoms with Crippen LogP contribution in [-0.4, -0.2) is 34.8 Å². The molecule has 2 bridgehead atoms. The van der Waals surface area contributed by atoms with E-state index in [-0.39, 0.29) is 16.9 Å². The Hall–Kier alpha value is -2.17. The number of carbonyl (C=O) groups is 3. The van der Waals surface area contributed by atoms with E-state index in [1.165, 1.54) is 6.42 Å². The summed E-state index contributed by atoms with van der Waals surface area (Å²) in [4.78, 5) is 39.0. The number of nitrogens with zero attached hydrogens (tertiary/aromatic N) is 1. The Labute approximate surface area is 153 Å². The summed E-state index contributed by atoms with van der Waals surface area (Å²) in [5.74, 6) is -0.780. The molecular formula is C21H25NO4. The molecular weight excluding hydrogens is 330 g/mol. The van der Waals surface area contributed by atoms with Crippen molar-refractivity contribution in [2.75, 3.05) is 0 Å². The van der Waals surface area contributed by atoms with Gasteiger partial charge in [0, 0.05) is 5.41 Å². The van der Waals surface area contributed by atoms with Crippen LogP contribution in [0.15, 0.2) is 24.3 Å². The lowest BCUT2D eigenvalue weighted by molar-refractivity contribution is -0.161. The molecule has 2 amide bonds. The van der Waals surface area contributed by atoms with Gasteiger partial charge in [0.25, 0.3) is 11.8 Å². The zero-order chi connectivity index (χ0) is 18.9. The first-order chi connectivity index (χ1) is 12.2. The first-order valence-corrected chi connectivity index (χ1v) is 9.36. The lowest BCUT2D eigenvalue weighted by Gasteiger charge is -2.39. The fourth-order valence-corrected chi connectivity index (χ4v) is 5.21. The number of fused-ring (bicyclic) bond motifs is 3. The van der Waals surface area contributed by atoms with Gasteiger partial charge in [0.1, 0.15) is 12.1 Å². The molecule has 4 atom stereocenters. The maximum atomic E-state index is 12.8. The van der Waals surface area contributed by atoms with Crippen LogP contribution < -0.4 is 0 Å². The number of carbonyl (C=O) groups excluding carboxylic acids is 3. The first-order valence-electron chi connectivity index (χ1n) is 9.36. The predicted molar refractivity (Wildman–Crippen MR) is 95.5 cm³/mol. The Morgan fingerprint density at radius 1 is 1.15 bits per heavy atom. The van der Waals surface area contributed by atoms with Gasteiger partial charge in [-0.05, 0) is 49.7 Å². The van der Waals surface area contributed by atoms with Gasteiger partial charge in [0.15, 0.2) is 0 Å². The zero-order valence-corrected chi connectivity index (χ0v) is 15.7. The molecule has 1 aromatic rings. The number of benzene rings is 1. The summed E-state index contributed by atoms with van der Waals surface area (Å²) in [6.45, 7) is 8.29. The first kappa shape index (κ1) is 17.3. The molecule has 0 radical (unpaired) electrons. The molecule has 2 aliphatic carbocycles. The largest absolute Gasteiger partial charge is 0.460 e. The van der Waals surface area contributed by atoms with E-state index in [2.05, 4.69) is 20.8 Å². The SMILES string of the molecule is C[C@H](C(=O)O[C@H]1C[C@@H]2CC[C@]1(C)C2(C)C)N1C(=O)c2ccccc2C1=O. The highest BCUT2D eigenvalue weighted by Gasteiger charge is 2.63. The molecule has 1 aromatic carbocycles. The molecule has 0 spiro atoms. The van der Waals surface area contributed by atoms with E-state index in [9.17, 15) is 14.4 Å². The van der Waals surface area contributed by atoms with Crippen molar-refractivity contribution in [2.24, 2.45) is 16.7 Å². The molecule has 0 aromatic heterocycles. The Bertz CT molecular complexity index is 779. The van der Waals surface area contributed by atoms with Crippen LogP contribution in [0, 0.1) is 16.7 Å². The maximum absolute atomic E-state index is 12.8. The number of hydrogen-bond donors (Lipinski definition) is 0. The molecule has 5 heteroatoms. The third-order valence-corrected chi connectivity index (χ3v) is 7.53. The molecule has 1 heterocycles. The van der Waals surface area contributed by atoms with Crippen LogP contribution in [0.2, 0.25) is 0 Å². The molecule has 0 N–H and O–H groups in total. The minimum atomic E-state index is -0.923. The van der Waals surface area contributed by atoms with E-state index in [4.69, 9.17) is 4.74 Å². The molecule has 4 rings (SSSR count). The summed E-state index contributed by atoms with van der Waals surface area (Å²) >= 11 is 0. The van der Waals surface area contributed by atoms with Crippen molar-refractivity contribution >= 4 is 17.8 Å². The summed E-state index contributed by atoms with van der Waals surface area (Å²) in [5, 5.41) is 0. The Kier molecular flexibility index (Phi) is 3.59. The summed E-state index contributed by atoms with van der Waals surface area (Å²) in [6.07, 6.45) is 2.93. The van der Waals surface area contributed by atoms with Gasteiger partial charge < -0.3 is 4.74 Å². The van der Waals surface area contributed by atoms with Crippen molar-refractivity contribution in [3.8, 4) is 0 Å². The Morgan fingerprint density at radius 2 is 1.73 bits per heavy atom. The van der Waals surface area contributed by atoms with Gasteiger partial charge in [-0.2, -0.15) is 0 Å². The van der Waals surface area contributed by atoms with E-state index < -0.39 is 23.8 Å². The van der Waals surface area contributed by atoms with Gasteiger partial charge >= 0.3 is 5.97 Å². The second-order valence-electron chi connectivity index (χ2n) is 8.74. The summed E-state index contributed by atoms with van der Waals surface area (Å²) < 4.78 is 5.87. The fourth-order valence-electron chi connectivity index (χ4n) is 5.21. The standard InChI is InChI=1S/C21H25NO4/c1-12(22-17(23)14-7-5-6-8-15(14)18(22)24)19(25)26-16-11-13-9-10-21(16,4)20(13,2)3/h5-8,12-13,16H,9-11H2,1-4H3/t12-,13+,16+,21+/m1/s1. The van der Waals surface area contributed by atoms with Crippen molar-refractivity contribution in [1.29, 1.82) is 0 Å². The molecule has 5 nitrogen and oxygen atoms in total. The number of imide groups is 1. The van der Waals surface area contributed by atoms with E-state index in [1.807, 2.05) is 0 Å². The average Bonchev–Trinajstić information content (AvgIpc) is 3.07.